The number of hydrogen-bond donors (Lipinski definition) is 2. The third-order valence-electron chi connectivity index (χ3n) is 1.66. The molecule has 0 spiro atoms. The summed E-state index contributed by atoms with van der Waals surface area (Å²) in [6, 6.07) is 1.79. The summed E-state index contributed by atoms with van der Waals surface area (Å²) in [7, 11) is 0. The molecule has 2 N–H and O–H groups in total. The lowest BCUT2D eigenvalue weighted by atomic mass is 10.4. The fourth-order valence-electron chi connectivity index (χ4n) is 1.00. The van der Waals surface area contributed by atoms with Crippen LogP contribution in [0.15, 0.2) is 24.7 Å². The smallest absolute Gasteiger partial charge is 0.255 e. The Kier molecular flexibility index (Phi) is 2.35. The molecule has 0 aliphatic heterocycles. The van der Waals surface area contributed by atoms with Crippen LogP contribution in [0.1, 0.15) is 5.69 Å². The van der Waals surface area contributed by atoms with Gasteiger partial charge in [-0.15, -0.1) is 0 Å². The summed E-state index contributed by atoms with van der Waals surface area (Å²) >= 11 is 0. The SMILES string of the molecule is Fc1nccnc1NCc1ccn[nH]1. The molecule has 0 aliphatic rings. The zero-order valence-electron chi connectivity index (χ0n) is 7.24. The number of aromatic amines is 1. The highest BCUT2D eigenvalue weighted by atomic mass is 19.1. The van der Waals surface area contributed by atoms with Crippen molar-refractivity contribution in [3.63, 3.8) is 0 Å². The van der Waals surface area contributed by atoms with Crippen molar-refractivity contribution in [2.45, 2.75) is 6.54 Å². The number of aromatic nitrogens is 4. The second kappa shape index (κ2) is 3.82. The van der Waals surface area contributed by atoms with Crippen LogP contribution < -0.4 is 5.32 Å². The number of nitrogens with one attached hydrogen (secondary N) is 2. The molecule has 0 bridgehead atoms. The summed E-state index contributed by atoms with van der Waals surface area (Å²) in [6.45, 7) is 0.440. The van der Waals surface area contributed by atoms with Crippen LogP contribution in [-0.4, -0.2) is 20.2 Å². The highest BCUT2D eigenvalue weighted by molar-refractivity contribution is 5.32. The molecule has 2 heterocycles. The molecule has 2 aromatic rings. The van der Waals surface area contributed by atoms with Crippen molar-refractivity contribution < 1.29 is 4.39 Å². The first-order valence-electron chi connectivity index (χ1n) is 4.05. The van der Waals surface area contributed by atoms with Gasteiger partial charge in [0.15, 0.2) is 5.82 Å². The first-order chi connectivity index (χ1) is 6.86. The van der Waals surface area contributed by atoms with E-state index >= 15 is 0 Å². The van der Waals surface area contributed by atoms with E-state index in [1.165, 1.54) is 12.4 Å². The predicted molar refractivity (Wildman–Crippen MR) is 47.9 cm³/mol. The second-order valence-corrected chi connectivity index (χ2v) is 2.63. The minimum Gasteiger partial charge on any atom is -0.361 e. The van der Waals surface area contributed by atoms with Crippen LogP contribution in [0.2, 0.25) is 0 Å². The van der Waals surface area contributed by atoms with Gasteiger partial charge in [-0.2, -0.15) is 9.49 Å². The lowest BCUT2D eigenvalue weighted by molar-refractivity contribution is 0.580. The molecule has 0 radical (unpaired) electrons. The van der Waals surface area contributed by atoms with Gasteiger partial charge in [0.1, 0.15) is 0 Å². The zero-order valence-corrected chi connectivity index (χ0v) is 7.24. The van der Waals surface area contributed by atoms with Crippen molar-refractivity contribution in [3.8, 4) is 0 Å². The maximum atomic E-state index is 13.0. The Morgan fingerprint density at radius 2 is 2.14 bits per heavy atom. The molecule has 72 valence electrons. The van der Waals surface area contributed by atoms with E-state index in [4.69, 9.17) is 0 Å². The normalized spacial score (nSPS) is 10.1. The fourth-order valence-corrected chi connectivity index (χ4v) is 1.00. The van der Waals surface area contributed by atoms with Gasteiger partial charge in [0.05, 0.1) is 12.2 Å². The molecule has 0 amide bonds. The first-order valence-corrected chi connectivity index (χ1v) is 4.05. The number of rotatable bonds is 3. The Morgan fingerprint density at radius 1 is 1.29 bits per heavy atom. The maximum Gasteiger partial charge on any atom is 0.255 e. The summed E-state index contributed by atoms with van der Waals surface area (Å²) in [5.74, 6) is -0.464. The number of H-pyrrole nitrogens is 1. The third kappa shape index (κ3) is 1.85. The Morgan fingerprint density at radius 3 is 2.86 bits per heavy atom. The Hall–Kier alpha value is -1.98. The molecular formula is C8H8FN5. The zero-order chi connectivity index (χ0) is 9.80. The summed E-state index contributed by atoms with van der Waals surface area (Å²) in [4.78, 5) is 7.26. The number of halogens is 1. The average Bonchev–Trinajstić information content (AvgIpc) is 2.69. The molecule has 0 saturated carbocycles. The van der Waals surface area contributed by atoms with Gasteiger partial charge in [-0.1, -0.05) is 0 Å². The predicted octanol–water partition coefficient (Wildman–Crippen LogP) is 0.951. The largest absolute Gasteiger partial charge is 0.361 e. The summed E-state index contributed by atoms with van der Waals surface area (Å²) in [5, 5.41) is 9.30. The van der Waals surface area contributed by atoms with Gasteiger partial charge in [0.2, 0.25) is 0 Å². The highest BCUT2D eigenvalue weighted by Gasteiger charge is 2.02. The lowest BCUT2D eigenvalue weighted by Gasteiger charge is -2.02. The Bertz CT molecular complexity index is 400. The van der Waals surface area contributed by atoms with Crippen molar-refractivity contribution in [1.29, 1.82) is 0 Å². The van der Waals surface area contributed by atoms with E-state index in [0.717, 1.165) is 5.69 Å². The van der Waals surface area contributed by atoms with E-state index < -0.39 is 5.95 Å². The summed E-state index contributed by atoms with van der Waals surface area (Å²) in [5.41, 5.74) is 0.857. The van der Waals surface area contributed by atoms with Gasteiger partial charge < -0.3 is 5.32 Å². The average molecular weight is 193 g/mol. The summed E-state index contributed by atoms with van der Waals surface area (Å²) in [6.07, 6.45) is 4.36. The minimum atomic E-state index is -0.605. The summed E-state index contributed by atoms with van der Waals surface area (Å²) < 4.78 is 13.0. The topological polar surface area (TPSA) is 66.5 Å². The van der Waals surface area contributed by atoms with Gasteiger partial charge in [-0.25, -0.2) is 9.97 Å². The molecule has 0 saturated heterocycles. The standard InChI is InChI=1S/C8H8FN5/c9-7-8(11-4-3-10-7)12-5-6-1-2-13-14-6/h1-4H,5H2,(H,11,12)(H,13,14). The molecule has 2 aromatic heterocycles. The van der Waals surface area contributed by atoms with Crippen LogP contribution in [-0.2, 0) is 6.54 Å². The van der Waals surface area contributed by atoms with Gasteiger partial charge in [0, 0.05) is 18.6 Å². The molecule has 2 rings (SSSR count). The van der Waals surface area contributed by atoms with Crippen molar-refractivity contribution in [2.75, 3.05) is 5.32 Å². The maximum absolute atomic E-state index is 13.0. The second-order valence-electron chi connectivity index (χ2n) is 2.63. The van der Waals surface area contributed by atoms with Crippen LogP contribution in [0, 0.1) is 5.95 Å². The van der Waals surface area contributed by atoms with Gasteiger partial charge in [-0.3, -0.25) is 5.10 Å². The third-order valence-corrected chi connectivity index (χ3v) is 1.66. The fraction of sp³-hybridized carbons (Fsp3) is 0.125. The van der Waals surface area contributed by atoms with Gasteiger partial charge in [-0.05, 0) is 6.07 Å². The molecular weight excluding hydrogens is 185 g/mol. The molecule has 5 nitrogen and oxygen atoms in total. The Balaban J connectivity index is 2.02. The number of hydrogen-bond acceptors (Lipinski definition) is 4. The molecule has 0 aliphatic carbocycles. The van der Waals surface area contributed by atoms with Crippen molar-refractivity contribution in [3.05, 3.63) is 36.3 Å². The van der Waals surface area contributed by atoms with E-state index in [2.05, 4.69) is 25.5 Å². The molecule has 0 aromatic carbocycles. The first kappa shape index (κ1) is 8.61. The number of nitrogens with zero attached hydrogens (tertiary/aromatic N) is 3. The van der Waals surface area contributed by atoms with Crippen LogP contribution >= 0.6 is 0 Å². The molecule has 0 fully saturated rings. The van der Waals surface area contributed by atoms with E-state index in [0.29, 0.717) is 6.54 Å². The van der Waals surface area contributed by atoms with Crippen LogP contribution in [0.5, 0.6) is 0 Å². The molecule has 6 heteroatoms. The van der Waals surface area contributed by atoms with Gasteiger partial charge >= 0.3 is 0 Å². The van der Waals surface area contributed by atoms with Crippen LogP contribution in [0.4, 0.5) is 10.2 Å². The van der Waals surface area contributed by atoms with E-state index in [-0.39, 0.29) is 5.82 Å². The quantitative estimate of drug-likeness (QED) is 0.761. The van der Waals surface area contributed by atoms with Crippen LogP contribution in [0.25, 0.3) is 0 Å². The van der Waals surface area contributed by atoms with Crippen LogP contribution in [0.3, 0.4) is 0 Å². The van der Waals surface area contributed by atoms with Crippen molar-refractivity contribution in [1.82, 2.24) is 20.2 Å². The van der Waals surface area contributed by atoms with E-state index in [1.807, 2.05) is 0 Å². The van der Waals surface area contributed by atoms with Crippen molar-refractivity contribution >= 4 is 5.82 Å². The van der Waals surface area contributed by atoms with Gasteiger partial charge in [0.25, 0.3) is 5.95 Å². The molecule has 0 atom stereocenters. The lowest BCUT2D eigenvalue weighted by Crippen LogP contribution is -2.04. The minimum absolute atomic E-state index is 0.141. The number of anilines is 1. The monoisotopic (exact) mass is 193 g/mol. The molecule has 0 unspecified atom stereocenters. The Labute approximate surface area is 79.4 Å². The van der Waals surface area contributed by atoms with E-state index in [9.17, 15) is 4.39 Å². The van der Waals surface area contributed by atoms with Crippen molar-refractivity contribution in [2.24, 2.45) is 0 Å². The molecule has 14 heavy (non-hydrogen) atoms. The highest BCUT2D eigenvalue weighted by Crippen LogP contribution is 2.06. The van der Waals surface area contributed by atoms with E-state index in [1.54, 1.807) is 12.3 Å².